The Bertz CT molecular complexity index is 511. The topological polar surface area (TPSA) is 33.3 Å². The summed E-state index contributed by atoms with van der Waals surface area (Å²) in [5.74, 6) is 0.961. The highest BCUT2D eigenvalue weighted by Gasteiger charge is 1.96. The molecule has 1 aromatic carbocycles. The van der Waals surface area contributed by atoms with Crippen molar-refractivity contribution in [3.63, 3.8) is 0 Å². The SMILES string of the molecule is CCCCCCOc1ccc(NCCNCc2cccs2)cc1. The quantitative estimate of drug-likeness (QED) is 0.542. The fourth-order valence-corrected chi connectivity index (χ4v) is 2.98. The highest BCUT2D eigenvalue weighted by molar-refractivity contribution is 7.09. The van der Waals surface area contributed by atoms with Crippen molar-refractivity contribution in [2.75, 3.05) is 25.0 Å². The number of hydrogen-bond donors (Lipinski definition) is 2. The predicted molar refractivity (Wildman–Crippen MR) is 101 cm³/mol. The summed E-state index contributed by atoms with van der Waals surface area (Å²) in [6, 6.07) is 12.5. The predicted octanol–water partition coefficient (Wildman–Crippen LogP) is 4.91. The Morgan fingerprint density at radius 2 is 1.87 bits per heavy atom. The molecule has 3 nitrogen and oxygen atoms in total. The van der Waals surface area contributed by atoms with Gasteiger partial charge in [0.15, 0.2) is 0 Å². The molecular weight excluding hydrogens is 304 g/mol. The van der Waals surface area contributed by atoms with Crippen LogP contribution in [0.2, 0.25) is 0 Å². The van der Waals surface area contributed by atoms with E-state index in [9.17, 15) is 0 Å². The van der Waals surface area contributed by atoms with Gasteiger partial charge in [0.05, 0.1) is 6.61 Å². The summed E-state index contributed by atoms with van der Waals surface area (Å²) in [4.78, 5) is 1.38. The van der Waals surface area contributed by atoms with E-state index in [2.05, 4.69) is 47.2 Å². The lowest BCUT2D eigenvalue weighted by atomic mass is 10.2. The Hall–Kier alpha value is -1.52. The minimum absolute atomic E-state index is 0.819. The molecule has 0 unspecified atom stereocenters. The molecule has 0 atom stereocenters. The number of ether oxygens (including phenoxy) is 1. The average Bonchev–Trinajstić information content (AvgIpc) is 3.09. The van der Waals surface area contributed by atoms with Gasteiger partial charge in [-0.15, -0.1) is 11.3 Å². The summed E-state index contributed by atoms with van der Waals surface area (Å²) in [7, 11) is 0. The minimum Gasteiger partial charge on any atom is -0.494 e. The zero-order chi connectivity index (χ0) is 16.2. The van der Waals surface area contributed by atoms with Gasteiger partial charge in [0.2, 0.25) is 0 Å². The maximum absolute atomic E-state index is 5.75. The summed E-state index contributed by atoms with van der Waals surface area (Å²) in [5.41, 5.74) is 1.14. The van der Waals surface area contributed by atoms with E-state index in [-0.39, 0.29) is 0 Å². The summed E-state index contributed by atoms with van der Waals surface area (Å²) >= 11 is 1.79. The van der Waals surface area contributed by atoms with E-state index in [1.54, 1.807) is 11.3 Å². The highest BCUT2D eigenvalue weighted by atomic mass is 32.1. The molecule has 0 aliphatic rings. The second-order valence-electron chi connectivity index (χ2n) is 5.62. The molecule has 0 aliphatic heterocycles. The fourth-order valence-electron chi connectivity index (χ4n) is 2.31. The van der Waals surface area contributed by atoms with E-state index in [0.717, 1.165) is 44.1 Å². The first-order chi connectivity index (χ1) is 11.4. The standard InChI is InChI=1S/C19H28N2OS/c1-2-3-4-5-14-22-18-10-8-17(9-11-18)21-13-12-20-16-19-7-6-15-23-19/h6-11,15,20-21H,2-5,12-14,16H2,1H3. The van der Waals surface area contributed by atoms with Gasteiger partial charge in [-0.1, -0.05) is 32.3 Å². The molecule has 0 amide bonds. The molecular formula is C19H28N2OS. The summed E-state index contributed by atoms with van der Waals surface area (Å²) in [5, 5.41) is 8.97. The van der Waals surface area contributed by atoms with Crippen LogP contribution >= 0.6 is 11.3 Å². The van der Waals surface area contributed by atoms with Gasteiger partial charge in [-0.2, -0.15) is 0 Å². The third-order valence-electron chi connectivity index (χ3n) is 3.63. The van der Waals surface area contributed by atoms with Crippen LogP contribution in [0.1, 0.15) is 37.5 Å². The molecule has 0 aliphatic carbocycles. The Balaban J connectivity index is 1.55. The van der Waals surface area contributed by atoms with E-state index >= 15 is 0 Å². The Labute approximate surface area is 144 Å². The molecule has 4 heteroatoms. The molecule has 1 heterocycles. The van der Waals surface area contributed by atoms with E-state index in [4.69, 9.17) is 4.74 Å². The first-order valence-corrected chi connectivity index (χ1v) is 9.46. The van der Waals surface area contributed by atoms with Crippen molar-refractivity contribution in [3.8, 4) is 5.75 Å². The lowest BCUT2D eigenvalue weighted by Crippen LogP contribution is -2.21. The van der Waals surface area contributed by atoms with Crippen LogP contribution in [0.5, 0.6) is 5.75 Å². The van der Waals surface area contributed by atoms with Gasteiger partial charge in [-0.05, 0) is 42.1 Å². The third-order valence-corrected chi connectivity index (χ3v) is 4.51. The number of nitrogens with one attached hydrogen (secondary N) is 2. The van der Waals surface area contributed by atoms with Crippen molar-refractivity contribution in [2.24, 2.45) is 0 Å². The van der Waals surface area contributed by atoms with Crippen LogP contribution in [0.4, 0.5) is 5.69 Å². The Morgan fingerprint density at radius 1 is 1.00 bits per heavy atom. The zero-order valence-electron chi connectivity index (χ0n) is 14.0. The minimum atomic E-state index is 0.819. The first-order valence-electron chi connectivity index (χ1n) is 8.58. The third kappa shape index (κ3) is 7.53. The van der Waals surface area contributed by atoms with Crippen LogP contribution in [0.15, 0.2) is 41.8 Å². The van der Waals surface area contributed by atoms with Crippen molar-refractivity contribution < 1.29 is 4.74 Å². The van der Waals surface area contributed by atoms with E-state index in [1.165, 1.54) is 24.1 Å². The lowest BCUT2D eigenvalue weighted by Gasteiger charge is -2.09. The fraction of sp³-hybridized carbons (Fsp3) is 0.474. The number of rotatable bonds is 12. The number of benzene rings is 1. The normalized spacial score (nSPS) is 10.7. The van der Waals surface area contributed by atoms with Crippen molar-refractivity contribution in [1.82, 2.24) is 5.32 Å². The van der Waals surface area contributed by atoms with Crippen LogP contribution in [-0.4, -0.2) is 19.7 Å². The molecule has 0 saturated heterocycles. The van der Waals surface area contributed by atoms with E-state index in [0.29, 0.717) is 0 Å². The molecule has 0 fully saturated rings. The maximum atomic E-state index is 5.75. The molecule has 23 heavy (non-hydrogen) atoms. The van der Waals surface area contributed by atoms with Gasteiger partial charge in [0.1, 0.15) is 5.75 Å². The monoisotopic (exact) mass is 332 g/mol. The maximum Gasteiger partial charge on any atom is 0.119 e. The number of anilines is 1. The van der Waals surface area contributed by atoms with Gasteiger partial charge in [0.25, 0.3) is 0 Å². The molecule has 2 rings (SSSR count). The number of unbranched alkanes of at least 4 members (excludes halogenated alkanes) is 3. The smallest absolute Gasteiger partial charge is 0.119 e. The van der Waals surface area contributed by atoms with Crippen LogP contribution in [-0.2, 0) is 6.54 Å². The van der Waals surface area contributed by atoms with E-state index in [1.807, 2.05) is 12.1 Å². The molecule has 126 valence electrons. The molecule has 1 aromatic heterocycles. The largest absolute Gasteiger partial charge is 0.494 e. The second-order valence-corrected chi connectivity index (χ2v) is 6.65. The van der Waals surface area contributed by atoms with Gasteiger partial charge >= 0.3 is 0 Å². The highest BCUT2D eigenvalue weighted by Crippen LogP contribution is 2.16. The Kier molecular flexibility index (Phi) is 8.59. The Morgan fingerprint density at radius 3 is 2.61 bits per heavy atom. The van der Waals surface area contributed by atoms with Gasteiger partial charge < -0.3 is 15.4 Å². The number of hydrogen-bond acceptors (Lipinski definition) is 4. The van der Waals surface area contributed by atoms with Crippen molar-refractivity contribution in [3.05, 3.63) is 46.7 Å². The van der Waals surface area contributed by atoms with Crippen LogP contribution in [0, 0.1) is 0 Å². The molecule has 0 spiro atoms. The number of thiophene rings is 1. The molecule has 0 bridgehead atoms. The van der Waals surface area contributed by atoms with Crippen molar-refractivity contribution in [1.29, 1.82) is 0 Å². The molecule has 0 saturated carbocycles. The second kappa shape index (κ2) is 11.1. The van der Waals surface area contributed by atoms with Gasteiger partial charge in [-0.25, -0.2) is 0 Å². The summed E-state index contributed by atoms with van der Waals surface area (Å²) in [6.07, 6.45) is 4.97. The summed E-state index contributed by atoms with van der Waals surface area (Å²) < 4.78 is 5.75. The van der Waals surface area contributed by atoms with Crippen LogP contribution < -0.4 is 15.4 Å². The van der Waals surface area contributed by atoms with Gasteiger partial charge in [-0.3, -0.25) is 0 Å². The average molecular weight is 333 g/mol. The lowest BCUT2D eigenvalue weighted by molar-refractivity contribution is 0.305. The van der Waals surface area contributed by atoms with Crippen molar-refractivity contribution in [2.45, 2.75) is 39.2 Å². The summed E-state index contributed by atoms with van der Waals surface area (Å²) in [6.45, 7) is 5.87. The molecule has 2 aromatic rings. The van der Waals surface area contributed by atoms with Crippen molar-refractivity contribution >= 4 is 17.0 Å². The van der Waals surface area contributed by atoms with Crippen LogP contribution in [0.25, 0.3) is 0 Å². The zero-order valence-corrected chi connectivity index (χ0v) is 14.8. The molecule has 2 N–H and O–H groups in total. The first kappa shape index (κ1) is 17.8. The molecule has 0 radical (unpaired) electrons. The van der Waals surface area contributed by atoms with E-state index < -0.39 is 0 Å². The van der Waals surface area contributed by atoms with Gasteiger partial charge in [0, 0.05) is 30.2 Å². The van der Waals surface area contributed by atoms with Crippen LogP contribution in [0.3, 0.4) is 0 Å².